The molecule has 4 heteroatoms. The zero-order valence-corrected chi connectivity index (χ0v) is 11.6. The molecule has 1 fully saturated rings. The van der Waals surface area contributed by atoms with Gasteiger partial charge in [0.2, 0.25) is 0 Å². The number of nitrogens with zero attached hydrogens (tertiary/aromatic N) is 2. The van der Waals surface area contributed by atoms with Crippen molar-refractivity contribution < 1.29 is 9.53 Å². The molecule has 1 aliphatic rings. The Hall–Kier alpha value is -2.10. The number of pyridine rings is 1. The molecule has 2 heterocycles. The number of aromatic nitrogens is 1. The third-order valence-electron chi connectivity index (χ3n) is 3.98. The van der Waals surface area contributed by atoms with Gasteiger partial charge >= 0.3 is 0 Å². The summed E-state index contributed by atoms with van der Waals surface area (Å²) in [6.45, 7) is 1.76. The van der Waals surface area contributed by atoms with Crippen molar-refractivity contribution in [3.05, 3.63) is 30.5 Å². The Balaban J connectivity index is 1.96. The molecule has 0 radical (unpaired) electrons. The number of ether oxygens (including phenoxy) is 1. The molecule has 0 saturated carbocycles. The Morgan fingerprint density at radius 2 is 2.10 bits per heavy atom. The van der Waals surface area contributed by atoms with Gasteiger partial charge in [-0.15, -0.1) is 0 Å². The van der Waals surface area contributed by atoms with Gasteiger partial charge in [0.05, 0.1) is 7.11 Å². The monoisotopic (exact) mass is 270 g/mol. The fraction of sp³-hybridized carbons (Fsp3) is 0.375. The molecule has 1 saturated heterocycles. The number of hydrogen-bond acceptors (Lipinski definition) is 4. The minimum absolute atomic E-state index is 0.204. The maximum Gasteiger partial charge on any atom is 0.136 e. The molecule has 1 aliphatic heterocycles. The smallest absolute Gasteiger partial charge is 0.136 e. The van der Waals surface area contributed by atoms with E-state index in [4.69, 9.17) is 4.74 Å². The van der Waals surface area contributed by atoms with Crippen LogP contribution in [0.15, 0.2) is 30.5 Å². The average molecular weight is 270 g/mol. The van der Waals surface area contributed by atoms with Gasteiger partial charge in [-0.2, -0.15) is 0 Å². The van der Waals surface area contributed by atoms with Crippen LogP contribution in [-0.4, -0.2) is 31.5 Å². The maximum absolute atomic E-state index is 10.8. The second-order valence-corrected chi connectivity index (χ2v) is 5.18. The van der Waals surface area contributed by atoms with E-state index in [1.807, 2.05) is 24.4 Å². The lowest BCUT2D eigenvalue weighted by atomic mass is 9.98. The van der Waals surface area contributed by atoms with Gasteiger partial charge in [0.15, 0.2) is 0 Å². The summed E-state index contributed by atoms with van der Waals surface area (Å²) in [6, 6.07) is 8.06. The van der Waals surface area contributed by atoms with E-state index < -0.39 is 0 Å². The largest absolute Gasteiger partial charge is 0.497 e. The van der Waals surface area contributed by atoms with Crippen LogP contribution in [0.3, 0.4) is 0 Å². The standard InChI is InChI=1S/C16H18N2O2/c1-20-14-3-2-13-4-7-17-16(15(13)10-14)18-8-5-12(11-19)6-9-18/h2-4,7,10-12H,5-6,8-9H2,1H3. The highest BCUT2D eigenvalue weighted by Crippen LogP contribution is 2.30. The summed E-state index contributed by atoms with van der Waals surface area (Å²) < 4.78 is 5.31. The van der Waals surface area contributed by atoms with Crippen LogP contribution in [0.5, 0.6) is 5.75 Å². The third kappa shape index (κ3) is 2.33. The van der Waals surface area contributed by atoms with Gasteiger partial charge in [-0.05, 0) is 36.4 Å². The number of carbonyl (C=O) groups excluding carboxylic acids is 1. The first kappa shape index (κ1) is 12.9. The van der Waals surface area contributed by atoms with Gasteiger partial charge < -0.3 is 14.4 Å². The predicted octanol–water partition coefficient (Wildman–Crippen LogP) is 2.66. The molecular formula is C16H18N2O2. The summed E-state index contributed by atoms with van der Waals surface area (Å²) in [7, 11) is 1.67. The fourth-order valence-corrected chi connectivity index (χ4v) is 2.76. The zero-order valence-electron chi connectivity index (χ0n) is 11.6. The minimum Gasteiger partial charge on any atom is -0.497 e. The highest BCUT2D eigenvalue weighted by Gasteiger charge is 2.20. The van der Waals surface area contributed by atoms with Crippen LogP contribution < -0.4 is 9.64 Å². The van der Waals surface area contributed by atoms with Gasteiger partial charge in [-0.1, -0.05) is 6.07 Å². The number of rotatable bonds is 3. The summed E-state index contributed by atoms with van der Waals surface area (Å²) >= 11 is 0. The normalized spacial score (nSPS) is 16.4. The molecule has 0 aliphatic carbocycles. The van der Waals surface area contributed by atoms with Crippen molar-refractivity contribution in [1.82, 2.24) is 4.98 Å². The number of anilines is 1. The molecular weight excluding hydrogens is 252 g/mol. The van der Waals surface area contributed by atoms with E-state index in [1.165, 1.54) is 0 Å². The number of carbonyl (C=O) groups is 1. The molecule has 1 aromatic carbocycles. The van der Waals surface area contributed by atoms with Crippen molar-refractivity contribution in [3.63, 3.8) is 0 Å². The van der Waals surface area contributed by atoms with Crippen LogP contribution in [0.1, 0.15) is 12.8 Å². The Morgan fingerprint density at radius 3 is 2.80 bits per heavy atom. The summed E-state index contributed by atoms with van der Waals surface area (Å²) in [6.07, 6.45) is 4.74. The summed E-state index contributed by atoms with van der Waals surface area (Å²) in [5, 5.41) is 2.27. The SMILES string of the molecule is COc1ccc2ccnc(N3CCC(C=O)CC3)c2c1. The summed E-state index contributed by atoms with van der Waals surface area (Å²) in [5.41, 5.74) is 0. The Bertz CT molecular complexity index is 619. The number of piperidine rings is 1. The van der Waals surface area contributed by atoms with Crippen molar-refractivity contribution in [2.75, 3.05) is 25.1 Å². The highest BCUT2D eigenvalue weighted by atomic mass is 16.5. The van der Waals surface area contributed by atoms with Crippen LogP contribution in [0.25, 0.3) is 10.8 Å². The molecule has 0 unspecified atom stereocenters. The molecule has 104 valence electrons. The van der Waals surface area contributed by atoms with Crippen molar-refractivity contribution in [2.45, 2.75) is 12.8 Å². The Kier molecular flexibility index (Phi) is 3.54. The van der Waals surface area contributed by atoms with Crippen LogP contribution >= 0.6 is 0 Å². The van der Waals surface area contributed by atoms with Crippen LogP contribution in [-0.2, 0) is 4.79 Å². The quantitative estimate of drug-likeness (QED) is 0.804. The molecule has 0 N–H and O–H groups in total. The molecule has 0 amide bonds. The fourth-order valence-electron chi connectivity index (χ4n) is 2.76. The van der Waals surface area contributed by atoms with Crippen molar-refractivity contribution in [3.8, 4) is 5.75 Å². The lowest BCUT2D eigenvalue weighted by Crippen LogP contribution is -2.34. The Morgan fingerprint density at radius 1 is 1.30 bits per heavy atom. The number of hydrogen-bond donors (Lipinski definition) is 0. The van der Waals surface area contributed by atoms with Gasteiger partial charge in [0.1, 0.15) is 17.9 Å². The second-order valence-electron chi connectivity index (χ2n) is 5.18. The molecule has 1 aromatic heterocycles. The van der Waals surface area contributed by atoms with E-state index >= 15 is 0 Å². The number of methoxy groups -OCH3 is 1. The van der Waals surface area contributed by atoms with Gasteiger partial charge in [-0.3, -0.25) is 0 Å². The molecule has 20 heavy (non-hydrogen) atoms. The van der Waals surface area contributed by atoms with Gasteiger partial charge in [-0.25, -0.2) is 4.98 Å². The van der Waals surface area contributed by atoms with E-state index in [0.717, 1.165) is 54.6 Å². The van der Waals surface area contributed by atoms with E-state index in [1.54, 1.807) is 7.11 Å². The summed E-state index contributed by atoms with van der Waals surface area (Å²) in [4.78, 5) is 17.7. The zero-order chi connectivity index (χ0) is 13.9. The lowest BCUT2D eigenvalue weighted by Gasteiger charge is -2.31. The minimum atomic E-state index is 0.204. The molecule has 3 rings (SSSR count). The first-order valence-electron chi connectivity index (χ1n) is 6.95. The topological polar surface area (TPSA) is 42.4 Å². The maximum atomic E-state index is 10.8. The average Bonchev–Trinajstić information content (AvgIpc) is 2.54. The highest BCUT2D eigenvalue weighted by molar-refractivity contribution is 5.93. The van der Waals surface area contributed by atoms with E-state index in [2.05, 4.69) is 16.0 Å². The van der Waals surface area contributed by atoms with Crippen LogP contribution in [0.2, 0.25) is 0 Å². The number of benzene rings is 1. The van der Waals surface area contributed by atoms with Crippen molar-refractivity contribution in [2.24, 2.45) is 5.92 Å². The van der Waals surface area contributed by atoms with E-state index in [9.17, 15) is 4.79 Å². The first-order valence-corrected chi connectivity index (χ1v) is 6.95. The Labute approximate surface area is 118 Å². The van der Waals surface area contributed by atoms with Crippen molar-refractivity contribution >= 4 is 22.9 Å². The molecule has 0 bridgehead atoms. The van der Waals surface area contributed by atoms with Crippen molar-refractivity contribution in [1.29, 1.82) is 0 Å². The first-order chi connectivity index (χ1) is 9.81. The predicted molar refractivity (Wildman–Crippen MR) is 79.3 cm³/mol. The second kappa shape index (κ2) is 5.49. The van der Waals surface area contributed by atoms with Gasteiger partial charge in [0.25, 0.3) is 0 Å². The van der Waals surface area contributed by atoms with Gasteiger partial charge in [0, 0.05) is 30.6 Å². The third-order valence-corrected chi connectivity index (χ3v) is 3.98. The number of fused-ring (bicyclic) bond motifs is 1. The molecule has 4 nitrogen and oxygen atoms in total. The molecule has 0 atom stereocenters. The molecule has 0 spiro atoms. The number of aldehydes is 1. The van der Waals surface area contributed by atoms with E-state index in [0.29, 0.717) is 0 Å². The lowest BCUT2D eigenvalue weighted by molar-refractivity contribution is -0.111. The van der Waals surface area contributed by atoms with Crippen LogP contribution in [0, 0.1) is 5.92 Å². The van der Waals surface area contributed by atoms with Crippen LogP contribution in [0.4, 0.5) is 5.82 Å². The summed E-state index contributed by atoms with van der Waals surface area (Å²) in [5.74, 6) is 2.04. The molecule has 2 aromatic rings. The van der Waals surface area contributed by atoms with E-state index in [-0.39, 0.29) is 5.92 Å².